The average molecular weight is 254 g/mol. The summed E-state index contributed by atoms with van der Waals surface area (Å²) in [7, 11) is 0. The van der Waals surface area contributed by atoms with Crippen molar-refractivity contribution in [3.8, 4) is 5.75 Å². The molecule has 2 aromatic carbocycles. The van der Waals surface area contributed by atoms with E-state index in [1.54, 1.807) is 36.4 Å². The predicted octanol–water partition coefficient (Wildman–Crippen LogP) is 3.99. The maximum Gasteiger partial charge on any atom is 0.193 e. The van der Waals surface area contributed by atoms with Gasteiger partial charge in [0.15, 0.2) is 5.78 Å². The Bertz CT molecular complexity index is 571. The van der Waals surface area contributed by atoms with Crippen LogP contribution >= 0.6 is 0 Å². The van der Waals surface area contributed by atoms with Crippen LogP contribution in [0.15, 0.2) is 61.2 Å². The molecule has 0 aliphatic heterocycles. The first kappa shape index (κ1) is 14.7. The van der Waals surface area contributed by atoms with Crippen LogP contribution in [0.4, 0.5) is 0 Å². The van der Waals surface area contributed by atoms with E-state index in [-0.39, 0.29) is 19.0 Å². The van der Waals surface area contributed by atoms with E-state index >= 15 is 0 Å². The van der Waals surface area contributed by atoms with E-state index in [2.05, 4.69) is 6.58 Å². The van der Waals surface area contributed by atoms with E-state index in [1.165, 1.54) is 0 Å². The van der Waals surface area contributed by atoms with Crippen LogP contribution in [-0.4, -0.2) is 10.9 Å². The third-order valence-corrected chi connectivity index (χ3v) is 2.74. The Hall–Kier alpha value is -2.35. The Kier molecular flexibility index (Phi) is 5.07. The molecule has 0 radical (unpaired) electrons. The summed E-state index contributed by atoms with van der Waals surface area (Å²) in [5, 5.41) is 9.66. The van der Waals surface area contributed by atoms with Crippen molar-refractivity contribution in [1.29, 1.82) is 0 Å². The second-order valence-corrected chi connectivity index (χ2v) is 4.03. The van der Waals surface area contributed by atoms with Crippen molar-refractivity contribution in [1.82, 2.24) is 0 Å². The van der Waals surface area contributed by atoms with E-state index < -0.39 is 0 Å². The van der Waals surface area contributed by atoms with Crippen molar-refractivity contribution in [3.05, 3.63) is 77.9 Å². The zero-order valence-electron chi connectivity index (χ0n) is 9.97. The topological polar surface area (TPSA) is 37.3 Å². The lowest BCUT2D eigenvalue weighted by Gasteiger charge is -2.05. The fourth-order valence-corrected chi connectivity index (χ4v) is 1.80. The summed E-state index contributed by atoms with van der Waals surface area (Å²) < 4.78 is 0. The van der Waals surface area contributed by atoms with Gasteiger partial charge in [0.05, 0.1) is 0 Å². The Morgan fingerprint density at radius 3 is 2.42 bits per heavy atom. The van der Waals surface area contributed by atoms with Crippen LogP contribution in [0.2, 0.25) is 0 Å². The summed E-state index contributed by atoms with van der Waals surface area (Å²) in [4.78, 5) is 12.2. The van der Waals surface area contributed by atoms with Crippen LogP contribution in [-0.2, 0) is 6.42 Å². The van der Waals surface area contributed by atoms with Crippen LogP contribution in [0.1, 0.15) is 28.9 Å². The predicted molar refractivity (Wildman–Crippen MR) is 78.6 cm³/mol. The highest BCUT2D eigenvalue weighted by Gasteiger charge is 2.10. The lowest BCUT2D eigenvalue weighted by Crippen LogP contribution is -2.01. The van der Waals surface area contributed by atoms with E-state index in [0.29, 0.717) is 23.1 Å². The first-order chi connectivity index (χ1) is 8.72. The number of carbonyl (C=O) groups excluding carboxylic acids is 1. The van der Waals surface area contributed by atoms with Gasteiger partial charge >= 0.3 is 0 Å². The molecule has 0 unspecified atom stereocenters. The number of phenols is 1. The molecule has 1 N–H and O–H groups in total. The Balaban J connectivity index is 0.00000180. The molecule has 0 aliphatic carbocycles. The fourth-order valence-electron chi connectivity index (χ4n) is 1.80. The number of aromatic hydroxyl groups is 1. The molecule has 0 aliphatic rings. The van der Waals surface area contributed by atoms with Gasteiger partial charge in [-0.25, -0.2) is 0 Å². The molecule has 0 spiro atoms. The second kappa shape index (κ2) is 6.55. The Labute approximate surface area is 114 Å². The number of rotatable bonds is 4. The van der Waals surface area contributed by atoms with E-state index in [1.807, 2.05) is 18.2 Å². The summed E-state index contributed by atoms with van der Waals surface area (Å²) in [6.45, 7) is 3.63. The molecule has 0 bridgehead atoms. The average Bonchev–Trinajstić information content (AvgIpc) is 2.42. The highest BCUT2D eigenvalue weighted by Crippen LogP contribution is 2.21. The molecule has 2 aromatic rings. The largest absolute Gasteiger partial charge is 0.508 e. The highest BCUT2D eigenvalue weighted by molar-refractivity contribution is 6.09. The molecule has 19 heavy (non-hydrogen) atoms. The van der Waals surface area contributed by atoms with E-state index in [9.17, 15) is 9.90 Å². The van der Waals surface area contributed by atoms with Gasteiger partial charge in [-0.2, -0.15) is 0 Å². The minimum atomic E-state index is -0.0408. The maximum absolute atomic E-state index is 12.2. The number of allylic oxidation sites excluding steroid dienone is 1. The Morgan fingerprint density at radius 2 is 1.79 bits per heavy atom. The highest BCUT2D eigenvalue weighted by atomic mass is 16.3. The third-order valence-electron chi connectivity index (χ3n) is 2.74. The van der Waals surface area contributed by atoms with E-state index in [4.69, 9.17) is 0 Å². The van der Waals surface area contributed by atoms with Crippen LogP contribution in [0.3, 0.4) is 0 Å². The van der Waals surface area contributed by atoms with Gasteiger partial charge in [0.2, 0.25) is 0 Å². The molecular formula is C17H18O2. The van der Waals surface area contributed by atoms with Gasteiger partial charge in [-0.3, -0.25) is 4.79 Å². The molecule has 0 heterocycles. The first-order valence-corrected chi connectivity index (χ1v) is 5.75. The van der Waals surface area contributed by atoms with Crippen molar-refractivity contribution in [2.75, 3.05) is 0 Å². The summed E-state index contributed by atoms with van der Waals surface area (Å²) in [5.41, 5.74) is 1.94. The smallest absolute Gasteiger partial charge is 0.193 e. The standard InChI is InChI=1S/C16H14O2.CH4/c1-2-6-13-11-14(9-10-15(13)17)16(18)12-7-4-3-5-8-12;/h2-5,7-11,17H,1,6H2;1H4. The molecule has 0 saturated heterocycles. The maximum atomic E-state index is 12.2. The van der Waals surface area contributed by atoms with Crippen molar-refractivity contribution >= 4 is 5.78 Å². The Morgan fingerprint density at radius 1 is 1.11 bits per heavy atom. The molecule has 0 amide bonds. The number of carbonyl (C=O) groups is 1. The molecule has 0 aromatic heterocycles. The minimum absolute atomic E-state index is 0. The zero-order chi connectivity index (χ0) is 13.0. The second-order valence-electron chi connectivity index (χ2n) is 4.03. The lowest BCUT2D eigenvalue weighted by molar-refractivity contribution is 0.103. The molecule has 2 nitrogen and oxygen atoms in total. The van der Waals surface area contributed by atoms with Crippen LogP contribution < -0.4 is 0 Å². The van der Waals surface area contributed by atoms with Crippen LogP contribution in [0, 0.1) is 0 Å². The van der Waals surface area contributed by atoms with Crippen LogP contribution in [0.5, 0.6) is 5.75 Å². The normalized spacial score (nSPS) is 9.47. The third kappa shape index (κ3) is 3.32. The van der Waals surface area contributed by atoms with Gasteiger partial charge in [0.1, 0.15) is 5.75 Å². The van der Waals surface area contributed by atoms with Crippen LogP contribution in [0.25, 0.3) is 0 Å². The fraction of sp³-hybridized carbons (Fsp3) is 0.118. The zero-order valence-corrected chi connectivity index (χ0v) is 9.97. The lowest BCUT2D eigenvalue weighted by atomic mass is 10.00. The molecule has 2 rings (SSSR count). The summed E-state index contributed by atoms with van der Waals surface area (Å²) in [6.07, 6.45) is 2.24. The van der Waals surface area contributed by atoms with Gasteiger partial charge in [0, 0.05) is 11.1 Å². The summed E-state index contributed by atoms with van der Waals surface area (Å²) in [5.74, 6) is 0.153. The van der Waals surface area contributed by atoms with Crippen molar-refractivity contribution in [2.45, 2.75) is 13.8 Å². The monoisotopic (exact) mass is 254 g/mol. The van der Waals surface area contributed by atoms with Crippen molar-refractivity contribution in [2.24, 2.45) is 0 Å². The number of hydrogen-bond acceptors (Lipinski definition) is 2. The molecule has 2 heteroatoms. The number of hydrogen-bond donors (Lipinski definition) is 1. The number of benzene rings is 2. The van der Waals surface area contributed by atoms with Gasteiger partial charge in [0.25, 0.3) is 0 Å². The van der Waals surface area contributed by atoms with Crippen molar-refractivity contribution in [3.63, 3.8) is 0 Å². The molecular weight excluding hydrogens is 236 g/mol. The van der Waals surface area contributed by atoms with Gasteiger partial charge < -0.3 is 5.11 Å². The summed E-state index contributed by atoms with van der Waals surface area (Å²) in [6, 6.07) is 14.0. The van der Waals surface area contributed by atoms with Crippen molar-refractivity contribution < 1.29 is 9.90 Å². The quantitative estimate of drug-likeness (QED) is 0.661. The van der Waals surface area contributed by atoms with Gasteiger partial charge in [-0.1, -0.05) is 43.8 Å². The molecule has 0 atom stereocenters. The van der Waals surface area contributed by atoms with E-state index in [0.717, 1.165) is 0 Å². The number of ketones is 1. The van der Waals surface area contributed by atoms with Gasteiger partial charge in [-0.15, -0.1) is 6.58 Å². The SMILES string of the molecule is C.C=CCc1cc(C(=O)c2ccccc2)ccc1O. The summed E-state index contributed by atoms with van der Waals surface area (Å²) >= 11 is 0. The molecule has 98 valence electrons. The van der Waals surface area contributed by atoms with Gasteiger partial charge in [-0.05, 0) is 30.2 Å². The first-order valence-electron chi connectivity index (χ1n) is 5.75. The number of phenolic OH excluding ortho intramolecular Hbond substituents is 1. The molecule has 0 fully saturated rings. The minimum Gasteiger partial charge on any atom is -0.508 e. The molecule has 0 saturated carbocycles.